The second kappa shape index (κ2) is 11.5. The number of carbonyl (C=O) groups excluding carboxylic acids is 2. The van der Waals surface area contributed by atoms with Crippen LogP contribution in [-0.2, 0) is 6.54 Å². The second-order valence-electron chi connectivity index (χ2n) is 7.82. The van der Waals surface area contributed by atoms with E-state index in [9.17, 15) is 19.2 Å². The van der Waals surface area contributed by atoms with E-state index in [1.54, 1.807) is 36.4 Å². The molecule has 0 unspecified atom stereocenters. The van der Waals surface area contributed by atoms with Crippen LogP contribution in [0, 0.1) is 0 Å². The summed E-state index contributed by atoms with van der Waals surface area (Å²) in [6.07, 6.45) is 2.95. The number of thiophene rings is 1. The summed E-state index contributed by atoms with van der Waals surface area (Å²) >= 11 is 1.32. The molecule has 2 heterocycles. The maximum atomic E-state index is 13.6. The summed E-state index contributed by atoms with van der Waals surface area (Å²) in [6, 6.07) is 10.0. The third-order valence-corrected chi connectivity index (χ3v) is 6.18. The molecule has 0 radical (unpaired) electrons. The minimum Gasteiger partial charge on any atom is -0.383 e. The number of hydrogen-bond donors (Lipinski definition) is 3. The molecule has 0 aliphatic heterocycles. The molecule has 0 bridgehead atoms. The number of benzene rings is 1. The summed E-state index contributed by atoms with van der Waals surface area (Å²) < 4.78 is 1.30. The monoisotopic (exact) mass is 483 g/mol. The van der Waals surface area contributed by atoms with Crippen molar-refractivity contribution in [2.75, 3.05) is 22.5 Å². The molecule has 0 spiro atoms. The lowest BCUT2D eigenvalue weighted by molar-refractivity contribution is 0.0984. The number of aromatic nitrogens is 2. The molecule has 0 aliphatic rings. The molecule has 3 rings (SSSR count). The Bertz CT molecular complexity index is 1260. The molecule has 9 nitrogen and oxygen atoms in total. The lowest BCUT2D eigenvalue weighted by Crippen LogP contribution is -2.41. The molecule has 4 N–H and O–H groups in total. The highest BCUT2D eigenvalue weighted by Crippen LogP contribution is 2.22. The SMILES string of the molecule is CCCCN(C(=O)c1cccc(NC(=O)c2cccs2)c1)c1c(N)n(CCCC)c(=O)[nH]c1=O. The Balaban J connectivity index is 1.98. The van der Waals surface area contributed by atoms with E-state index < -0.39 is 17.2 Å². The normalized spacial score (nSPS) is 10.8. The zero-order valence-electron chi connectivity index (χ0n) is 19.3. The van der Waals surface area contributed by atoms with Gasteiger partial charge >= 0.3 is 5.69 Å². The first-order chi connectivity index (χ1) is 16.4. The Morgan fingerprint density at radius 1 is 1.12 bits per heavy atom. The van der Waals surface area contributed by atoms with Gasteiger partial charge in [0.2, 0.25) is 0 Å². The van der Waals surface area contributed by atoms with Crippen molar-refractivity contribution in [3.63, 3.8) is 0 Å². The number of amides is 2. The number of unbranched alkanes of at least 4 members (excludes halogenated alkanes) is 2. The van der Waals surface area contributed by atoms with Crippen molar-refractivity contribution >= 4 is 40.3 Å². The highest BCUT2D eigenvalue weighted by molar-refractivity contribution is 7.12. The van der Waals surface area contributed by atoms with Crippen LogP contribution in [0.1, 0.15) is 59.6 Å². The Labute approximate surface area is 201 Å². The molecular formula is C24H29N5O4S. The quantitative estimate of drug-likeness (QED) is 0.405. The fourth-order valence-corrected chi connectivity index (χ4v) is 4.11. The minimum absolute atomic E-state index is 0.0335. The molecule has 0 aliphatic carbocycles. The first-order valence-corrected chi connectivity index (χ1v) is 12.1. The highest BCUT2D eigenvalue weighted by atomic mass is 32.1. The number of anilines is 3. The number of nitrogens with zero attached hydrogens (tertiary/aromatic N) is 2. The third-order valence-electron chi connectivity index (χ3n) is 5.31. The van der Waals surface area contributed by atoms with Crippen molar-refractivity contribution < 1.29 is 9.59 Å². The molecule has 1 aromatic carbocycles. The van der Waals surface area contributed by atoms with Crippen LogP contribution in [0.4, 0.5) is 17.2 Å². The summed E-state index contributed by atoms with van der Waals surface area (Å²) in [5.74, 6) is -0.751. The molecule has 34 heavy (non-hydrogen) atoms. The van der Waals surface area contributed by atoms with Crippen LogP contribution in [-0.4, -0.2) is 27.9 Å². The zero-order chi connectivity index (χ0) is 24.7. The predicted octanol–water partition coefficient (Wildman–Crippen LogP) is 3.68. The molecule has 10 heteroatoms. The summed E-state index contributed by atoms with van der Waals surface area (Å²) in [5.41, 5.74) is 5.65. The van der Waals surface area contributed by atoms with E-state index in [0.717, 1.165) is 12.8 Å². The Kier molecular flexibility index (Phi) is 8.42. The predicted molar refractivity (Wildman–Crippen MR) is 136 cm³/mol. The van der Waals surface area contributed by atoms with Gasteiger partial charge in [0.15, 0.2) is 5.69 Å². The molecule has 3 aromatic rings. The fourth-order valence-electron chi connectivity index (χ4n) is 3.49. The van der Waals surface area contributed by atoms with Gasteiger partial charge in [0.1, 0.15) is 5.82 Å². The lowest BCUT2D eigenvalue weighted by atomic mass is 10.1. The largest absolute Gasteiger partial charge is 0.383 e. The topological polar surface area (TPSA) is 130 Å². The summed E-state index contributed by atoms with van der Waals surface area (Å²) in [6.45, 7) is 4.54. The van der Waals surface area contributed by atoms with E-state index in [2.05, 4.69) is 10.3 Å². The van der Waals surface area contributed by atoms with E-state index in [4.69, 9.17) is 5.73 Å². The Morgan fingerprint density at radius 2 is 1.88 bits per heavy atom. The van der Waals surface area contributed by atoms with Crippen LogP contribution in [0.25, 0.3) is 0 Å². The number of nitrogens with one attached hydrogen (secondary N) is 2. The van der Waals surface area contributed by atoms with Gasteiger partial charge in [-0.2, -0.15) is 0 Å². The van der Waals surface area contributed by atoms with Crippen molar-refractivity contribution in [1.29, 1.82) is 0 Å². The summed E-state index contributed by atoms with van der Waals surface area (Å²) in [5, 5.41) is 4.59. The number of carbonyl (C=O) groups is 2. The highest BCUT2D eigenvalue weighted by Gasteiger charge is 2.25. The van der Waals surface area contributed by atoms with Crippen molar-refractivity contribution in [2.24, 2.45) is 0 Å². The average Bonchev–Trinajstić information content (AvgIpc) is 3.36. The minimum atomic E-state index is -0.707. The zero-order valence-corrected chi connectivity index (χ0v) is 20.1. The fraction of sp³-hybridized carbons (Fsp3) is 0.333. The average molecular weight is 484 g/mol. The molecule has 2 aromatic heterocycles. The maximum absolute atomic E-state index is 13.6. The maximum Gasteiger partial charge on any atom is 0.330 e. The van der Waals surface area contributed by atoms with Gasteiger partial charge in [-0.1, -0.05) is 38.8 Å². The number of nitrogens with two attached hydrogens (primary N) is 1. The van der Waals surface area contributed by atoms with Gasteiger partial charge < -0.3 is 16.0 Å². The van der Waals surface area contributed by atoms with Gasteiger partial charge in [-0.3, -0.25) is 23.9 Å². The summed E-state index contributed by atoms with van der Waals surface area (Å²) in [4.78, 5) is 55.2. The van der Waals surface area contributed by atoms with Gasteiger partial charge in [-0.05, 0) is 42.5 Å². The van der Waals surface area contributed by atoms with Gasteiger partial charge in [-0.15, -0.1) is 11.3 Å². The lowest BCUT2D eigenvalue weighted by Gasteiger charge is -2.24. The first kappa shape index (κ1) is 25.0. The first-order valence-electron chi connectivity index (χ1n) is 11.3. The van der Waals surface area contributed by atoms with E-state index >= 15 is 0 Å². The molecule has 0 atom stereocenters. The standard InChI is InChI=1S/C24H29N5O4S/c1-3-5-12-28(19-20(25)29(13-6-4-2)24(33)27-22(19)31)23(32)16-9-7-10-17(15-16)26-21(30)18-11-8-14-34-18/h7-11,14-15H,3-6,12-13,25H2,1-2H3,(H,26,30)(H,27,31,33). The number of hydrogen-bond acceptors (Lipinski definition) is 6. The van der Waals surface area contributed by atoms with E-state index in [0.29, 0.717) is 30.0 Å². The van der Waals surface area contributed by atoms with Crippen molar-refractivity contribution in [2.45, 2.75) is 46.1 Å². The van der Waals surface area contributed by atoms with E-state index in [-0.39, 0.29) is 29.5 Å². The van der Waals surface area contributed by atoms with Crippen LogP contribution in [0.5, 0.6) is 0 Å². The van der Waals surface area contributed by atoms with Crippen molar-refractivity contribution in [3.8, 4) is 0 Å². The summed E-state index contributed by atoms with van der Waals surface area (Å²) in [7, 11) is 0. The van der Waals surface area contributed by atoms with Crippen LogP contribution in [0.3, 0.4) is 0 Å². The molecule has 180 valence electrons. The number of H-pyrrole nitrogens is 1. The van der Waals surface area contributed by atoms with Gasteiger partial charge in [0.05, 0.1) is 4.88 Å². The number of rotatable bonds is 10. The van der Waals surface area contributed by atoms with Crippen LogP contribution in [0.15, 0.2) is 51.4 Å². The number of nitrogen functional groups attached to an aromatic ring is 1. The van der Waals surface area contributed by atoms with Crippen LogP contribution < -0.4 is 27.2 Å². The molecular weight excluding hydrogens is 454 g/mol. The molecule has 0 fully saturated rings. The smallest absolute Gasteiger partial charge is 0.330 e. The van der Waals surface area contributed by atoms with Gasteiger partial charge in [0.25, 0.3) is 17.4 Å². The van der Waals surface area contributed by atoms with Crippen molar-refractivity contribution in [1.82, 2.24) is 9.55 Å². The molecule has 0 saturated heterocycles. The van der Waals surface area contributed by atoms with Gasteiger partial charge in [0, 0.05) is 24.3 Å². The van der Waals surface area contributed by atoms with E-state index in [1.807, 2.05) is 19.2 Å². The van der Waals surface area contributed by atoms with Crippen molar-refractivity contribution in [3.05, 3.63) is 73.1 Å². The second-order valence-corrected chi connectivity index (χ2v) is 8.77. The van der Waals surface area contributed by atoms with Gasteiger partial charge in [-0.25, -0.2) is 4.79 Å². The number of aromatic amines is 1. The van der Waals surface area contributed by atoms with Crippen LogP contribution >= 0.6 is 11.3 Å². The Morgan fingerprint density at radius 3 is 2.56 bits per heavy atom. The molecule has 2 amide bonds. The Hall–Kier alpha value is -3.66. The van der Waals surface area contributed by atoms with Crippen LogP contribution in [0.2, 0.25) is 0 Å². The van der Waals surface area contributed by atoms with E-state index in [1.165, 1.54) is 20.8 Å². The molecule has 0 saturated carbocycles. The third kappa shape index (κ3) is 5.63.